The van der Waals surface area contributed by atoms with Crippen molar-refractivity contribution in [1.82, 2.24) is 19.9 Å². The first kappa shape index (κ1) is 18.0. The lowest BCUT2D eigenvalue weighted by molar-refractivity contribution is -0.118. The lowest BCUT2D eigenvalue weighted by Crippen LogP contribution is -2.13. The van der Waals surface area contributed by atoms with Crippen LogP contribution in [-0.4, -0.2) is 25.7 Å². The fourth-order valence-electron chi connectivity index (χ4n) is 2.80. The minimum absolute atomic E-state index is 0.0742. The molecule has 0 saturated carbocycles. The molecule has 5 nitrogen and oxygen atoms in total. The monoisotopic (exact) mass is 514 g/mol. The van der Waals surface area contributed by atoms with Gasteiger partial charge in [0.05, 0.1) is 43.4 Å². The molecule has 2 unspecified atom stereocenters. The minimum Gasteiger partial charge on any atom is -0.345 e. The zero-order valence-electron chi connectivity index (χ0n) is 12.9. The SMILES string of the molecule is O=C(C(Br)c1cc(Cl)c2nc[nH]c2c1)C(Br)c1cc(Cl)c2nc[nH]c2c1. The molecule has 26 heavy (non-hydrogen) atoms. The maximum Gasteiger partial charge on any atom is 0.168 e. The number of aromatic nitrogens is 4. The van der Waals surface area contributed by atoms with Gasteiger partial charge in [-0.15, -0.1) is 0 Å². The number of nitrogens with one attached hydrogen (secondary N) is 2. The van der Waals surface area contributed by atoms with E-state index in [9.17, 15) is 4.79 Å². The van der Waals surface area contributed by atoms with Crippen LogP contribution in [-0.2, 0) is 4.79 Å². The van der Waals surface area contributed by atoms with Gasteiger partial charge in [0.15, 0.2) is 5.78 Å². The second kappa shape index (κ2) is 6.96. The summed E-state index contributed by atoms with van der Waals surface area (Å²) in [4.78, 5) is 26.2. The van der Waals surface area contributed by atoms with Gasteiger partial charge in [-0.1, -0.05) is 55.1 Å². The van der Waals surface area contributed by atoms with Crippen molar-refractivity contribution in [3.05, 3.63) is 58.1 Å². The quantitative estimate of drug-likeness (QED) is 0.332. The van der Waals surface area contributed by atoms with Crippen molar-refractivity contribution in [2.24, 2.45) is 0 Å². The first-order valence-corrected chi connectivity index (χ1v) is 10.1. The Kier molecular flexibility index (Phi) is 4.81. The number of imidazole rings is 2. The van der Waals surface area contributed by atoms with Crippen LogP contribution in [0.1, 0.15) is 20.8 Å². The lowest BCUT2D eigenvalue weighted by Gasteiger charge is -2.15. The van der Waals surface area contributed by atoms with Gasteiger partial charge >= 0.3 is 0 Å². The Labute approximate surface area is 174 Å². The third-order valence-corrected chi connectivity index (χ3v) is 6.62. The number of hydrogen-bond acceptors (Lipinski definition) is 3. The molecule has 2 aromatic carbocycles. The predicted molar refractivity (Wildman–Crippen MR) is 111 cm³/mol. The second-order valence-corrected chi connectivity index (χ2v) is 8.38. The van der Waals surface area contributed by atoms with Crippen molar-refractivity contribution in [3.63, 3.8) is 0 Å². The van der Waals surface area contributed by atoms with Crippen LogP contribution in [0, 0.1) is 0 Å². The van der Waals surface area contributed by atoms with E-state index in [1.165, 1.54) is 0 Å². The number of ketones is 1. The fraction of sp³-hybridized carbons (Fsp3) is 0.118. The summed E-state index contributed by atoms with van der Waals surface area (Å²) < 4.78 is 0. The Morgan fingerprint density at radius 3 is 1.69 bits per heavy atom. The number of Topliss-reactive ketones (excluding diaryl/α,β-unsaturated/α-hetero) is 1. The Hall–Kier alpha value is -1.41. The maximum absolute atomic E-state index is 13.0. The van der Waals surface area contributed by atoms with E-state index < -0.39 is 9.65 Å². The molecule has 0 spiro atoms. The summed E-state index contributed by atoms with van der Waals surface area (Å²) >= 11 is 19.5. The highest BCUT2D eigenvalue weighted by Crippen LogP contribution is 2.38. The van der Waals surface area contributed by atoms with E-state index in [4.69, 9.17) is 23.2 Å². The molecule has 2 aromatic heterocycles. The summed E-state index contributed by atoms with van der Waals surface area (Å²) in [5.41, 5.74) is 4.39. The van der Waals surface area contributed by atoms with E-state index >= 15 is 0 Å². The molecule has 0 saturated heterocycles. The molecule has 0 aliphatic heterocycles. The summed E-state index contributed by atoms with van der Waals surface area (Å²) in [5.74, 6) is -0.0742. The molecule has 132 valence electrons. The molecule has 0 amide bonds. The average molecular weight is 517 g/mol. The molecule has 2 heterocycles. The largest absolute Gasteiger partial charge is 0.345 e. The van der Waals surface area contributed by atoms with Gasteiger partial charge in [-0.05, 0) is 35.4 Å². The van der Waals surface area contributed by atoms with Gasteiger partial charge in [-0.25, -0.2) is 9.97 Å². The van der Waals surface area contributed by atoms with Crippen molar-refractivity contribution >= 4 is 82.9 Å². The van der Waals surface area contributed by atoms with Crippen LogP contribution in [0.25, 0.3) is 22.1 Å². The van der Waals surface area contributed by atoms with Crippen LogP contribution in [0.4, 0.5) is 0 Å². The standard InChI is InChI=1S/C17H10Br2Cl2N4O/c18-13(7-1-9(20)15-11(3-7)22-5-24-15)17(26)14(19)8-2-10(21)16-12(4-8)23-6-25-16/h1-6,13-14H,(H,22,24)(H,23,25). The van der Waals surface area contributed by atoms with Crippen molar-refractivity contribution in [2.45, 2.75) is 9.65 Å². The van der Waals surface area contributed by atoms with Gasteiger partial charge in [-0.2, -0.15) is 0 Å². The van der Waals surface area contributed by atoms with Crippen molar-refractivity contribution in [2.75, 3.05) is 0 Å². The molecule has 4 aromatic rings. The maximum atomic E-state index is 13.0. The Morgan fingerprint density at radius 2 is 1.27 bits per heavy atom. The number of benzene rings is 2. The molecule has 2 atom stereocenters. The zero-order valence-corrected chi connectivity index (χ0v) is 17.6. The molecule has 0 bridgehead atoms. The molecule has 9 heteroatoms. The van der Waals surface area contributed by atoms with Crippen LogP contribution in [0.5, 0.6) is 0 Å². The summed E-state index contributed by atoms with van der Waals surface area (Å²) in [5, 5.41) is 0.980. The Morgan fingerprint density at radius 1 is 0.846 bits per heavy atom. The van der Waals surface area contributed by atoms with Gasteiger partial charge in [0.2, 0.25) is 0 Å². The van der Waals surface area contributed by atoms with Gasteiger partial charge in [0.1, 0.15) is 11.0 Å². The summed E-state index contributed by atoms with van der Waals surface area (Å²) in [6.07, 6.45) is 3.14. The van der Waals surface area contributed by atoms with Crippen molar-refractivity contribution in [1.29, 1.82) is 0 Å². The normalized spacial score (nSPS) is 14.0. The average Bonchev–Trinajstić information content (AvgIpc) is 3.28. The van der Waals surface area contributed by atoms with Crippen LogP contribution in [0.15, 0.2) is 36.9 Å². The number of carbonyl (C=O) groups excluding carboxylic acids is 1. The fourth-order valence-corrected chi connectivity index (χ4v) is 4.77. The number of nitrogens with zero attached hydrogens (tertiary/aromatic N) is 2. The molecule has 0 radical (unpaired) electrons. The van der Waals surface area contributed by atoms with E-state index in [-0.39, 0.29) is 5.78 Å². The molecule has 0 aliphatic rings. The van der Waals surface area contributed by atoms with Gasteiger partial charge < -0.3 is 9.97 Å². The van der Waals surface area contributed by atoms with Crippen LogP contribution < -0.4 is 0 Å². The third-order valence-electron chi connectivity index (χ3n) is 4.08. The van der Waals surface area contributed by atoms with Crippen molar-refractivity contribution < 1.29 is 4.79 Å². The first-order chi connectivity index (χ1) is 12.5. The number of hydrogen-bond donors (Lipinski definition) is 2. The van der Waals surface area contributed by atoms with Crippen LogP contribution >= 0.6 is 55.1 Å². The second-order valence-electron chi connectivity index (χ2n) is 5.73. The minimum atomic E-state index is -0.548. The summed E-state index contributed by atoms with van der Waals surface area (Å²) in [6, 6.07) is 7.20. The molecule has 0 aliphatic carbocycles. The van der Waals surface area contributed by atoms with E-state index in [1.54, 1.807) is 24.8 Å². The third kappa shape index (κ3) is 3.07. The number of halogens is 4. The summed E-state index contributed by atoms with van der Waals surface area (Å²) in [7, 11) is 0. The molecule has 2 N–H and O–H groups in total. The van der Waals surface area contributed by atoms with E-state index in [2.05, 4.69) is 51.8 Å². The molecule has 4 rings (SSSR count). The van der Waals surface area contributed by atoms with E-state index in [0.29, 0.717) is 21.1 Å². The Bertz CT molecular complexity index is 1050. The molecule has 0 fully saturated rings. The number of fused-ring (bicyclic) bond motifs is 2. The first-order valence-electron chi connectivity index (χ1n) is 7.52. The van der Waals surface area contributed by atoms with Crippen LogP contribution in [0.3, 0.4) is 0 Å². The van der Waals surface area contributed by atoms with Crippen molar-refractivity contribution in [3.8, 4) is 0 Å². The van der Waals surface area contributed by atoms with Gasteiger partial charge in [0, 0.05) is 0 Å². The molecular formula is C17H10Br2Cl2N4O. The van der Waals surface area contributed by atoms with E-state index in [0.717, 1.165) is 22.2 Å². The van der Waals surface area contributed by atoms with E-state index in [1.807, 2.05) is 12.1 Å². The highest BCUT2D eigenvalue weighted by atomic mass is 79.9. The number of H-pyrrole nitrogens is 2. The van der Waals surface area contributed by atoms with Gasteiger partial charge in [-0.3, -0.25) is 4.79 Å². The topological polar surface area (TPSA) is 74.4 Å². The number of alkyl halides is 2. The van der Waals surface area contributed by atoms with Crippen LogP contribution in [0.2, 0.25) is 10.0 Å². The lowest BCUT2D eigenvalue weighted by atomic mass is 10.0. The Balaban J connectivity index is 1.68. The number of rotatable bonds is 4. The highest BCUT2D eigenvalue weighted by molar-refractivity contribution is 9.10. The summed E-state index contributed by atoms with van der Waals surface area (Å²) in [6.45, 7) is 0. The number of carbonyl (C=O) groups is 1. The predicted octanol–water partition coefficient (Wildman–Crippen LogP) is 5.89. The highest BCUT2D eigenvalue weighted by Gasteiger charge is 2.27. The number of aromatic amines is 2. The smallest absolute Gasteiger partial charge is 0.168 e. The molecular weight excluding hydrogens is 507 g/mol. The van der Waals surface area contributed by atoms with Gasteiger partial charge in [0.25, 0.3) is 0 Å². The zero-order chi connectivity index (χ0) is 18.4.